The lowest BCUT2D eigenvalue weighted by molar-refractivity contribution is -0.0166. The Morgan fingerprint density at radius 1 is 1.25 bits per heavy atom. The van der Waals surface area contributed by atoms with Gasteiger partial charge in [-0.05, 0) is 63.2 Å². The van der Waals surface area contributed by atoms with Crippen LogP contribution in [0.1, 0.15) is 54.6 Å². The van der Waals surface area contributed by atoms with Gasteiger partial charge in [-0.15, -0.1) is 0 Å². The van der Waals surface area contributed by atoms with E-state index in [9.17, 15) is 4.79 Å². The van der Waals surface area contributed by atoms with E-state index in [0.29, 0.717) is 11.3 Å². The highest BCUT2D eigenvalue weighted by molar-refractivity contribution is 5.99. The molecule has 108 valence electrons. The zero-order chi connectivity index (χ0) is 13.9. The van der Waals surface area contributed by atoms with Crippen molar-refractivity contribution in [1.29, 1.82) is 0 Å². The molecule has 1 heterocycles. The summed E-state index contributed by atoms with van der Waals surface area (Å²) in [6.45, 7) is 1.76. The quantitative estimate of drug-likeness (QED) is 0.867. The molecule has 0 aromatic carbocycles. The predicted molar refractivity (Wildman–Crippen MR) is 74.0 cm³/mol. The lowest BCUT2D eigenvalue weighted by atomic mass is 9.53. The number of rotatable bonds is 2. The summed E-state index contributed by atoms with van der Waals surface area (Å²) in [5, 5.41) is 7.06. The van der Waals surface area contributed by atoms with Crippen LogP contribution in [0.2, 0.25) is 0 Å². The van der Waals surface area contributed by atoms with Gasteiger partial charge in [-0.25, -0.2) is 0 Å². The molecule has 4 aliphatic carbocycles. The summed E-state index contributed by atoms with van der Waals surface area (Å²) >= 11 is 0. The van der Waals surface area contributed by atoms with Crippen molar-refractivity contribution in [3.63, 3.8) is 0 Å². The Kier molecular flexibility index (Phi) is 2.44. The minimum Gasteiger partial charge on any atom is -0.367 e. The Morgan fingerprint density at radius 2 is 1.80 bits per heavy atom. The fourth-order valence-electron chi connectivity index (χ4n) is 5.23. The number of anilines is 1. The lowest BCUT2D eigenvalue weighted by Gasteiger charge is -2.56. The van der Waals surface area contributed by atoms with E-state index in [-0.39, 0.29) is 17.3 Å². The second kappa shape index (κ2) is 3.99. The summed E-state index contributed by atoms with van der Waals surface area (Å²) in [5.74, 6) is 2.44. The van der Waals surface area contributed by atoms with Gasteiger partial charge in [0, 0.05) is 5.54 Å². The maximum atomic E-state index is 12.5. The molecule has 4 aliphatic rings. The SMILES string of the molecule is Cc1noc(N)c1C(=O)NC12CC3CC(CC(C3)C1)C2. The minimum absolute atomic E-state index is 0.00197. The van der Waals surface area contributed by atoms with E-state index >= 15 is 0 Å². The largest absolute Gasteiger partial charge is 0.367 e. The van der Waals surface area contributed by atoms with Crippen LogP contribution in [0.25, 0.3) is 0 Å². The van der Waals surface area contributed by atoms with Crippen LogP contribution in [0, 0.1) is 24.7 Å². The number of carbonyl (C=O) groups is 1. The smallest absolute Gasteiger partial charge is 0.259 e. The third-order valence-corrected chi connectivity index (χ3v) is 5.53. The van der Waals surface area contributed by atoms with Crippen LogP contribution in [0.4, 0.5) is 5.88 Å². The van der Waals surface area contributed by atoms with E-state index in [1.807, 2.05) is 0 Å². The molecule has 4 bridgehead atoms. The van der Waals surface area contributed by atoms with Crippen LogP contribution < -0.4 is 11.1 Å². The van der Waals surface area contributed by atoms with E-state index in [1.165, 1.54) is 19.3 Å². The van der Waals surface area contributed by atoms with Crippen molar-refractivity contribution in [1.82, 2.24) is 10.5 Å². The van der Waals surface area contributed by atoms with Gasteiger partial charge in [0.2, 0.25) is 5.88 Å². The van der Waals surface area contributed by atoms with E-state index in [2.05, 4.69) is 10.5 Å². The highest BCUT2D eigenvalue weighted by Crippen LogP contribution is 2.55. The van der Waals surface area contributed by atoms with Crippen molar-refractivity contribution in [3.8, 4) is 0 Å². The number of nitrogen functional groups attached to an aromatic ring is 1. The van der Waals surface area contributed by atoms with Crippen LogP contribution in [-0.2, 0) is 0 Å². The molecule has 5 nitrogen and oxygen atoms in total. The number of aromatic nitrogens is 1. The zero-order valence-corrected chi connectivity index (χ0v) is 11.8. The van der Waals surface area contributed by atoms with Gasteiger partial charge in [-0.2, -0.15) is 0 Å². The Hall–Kier alpha value is -1.52. The predicted octanol–water partition coefficient (Wildman–Crippen LogP) is 2.26. The second-order valence-electron chi connectivity index (χ2n) is 7.16. The van der Waals surface area contributed by atoms with Crippen molar-refractivity contribution in [2.45, 2.75) is 51.0 Å². The molecule has 1 aromatic rings. The number of carbonyl (C=O) groups excluding carboxylic acids is 1. The van der Waals surface area contributed by atoms with Gasteiger partial charge in [0.15, 0.2) is 0 Å². The van der Waals surface area contributed by atoms with Gasteiger partial charge in [0.1, 0.15) is 5.56 Å². The molecule has 0 unspecified atom stereocenters. The van der Waals surface area contributed by atoms with E-state index < -0.39 is 0 Å². The molecule has 0 saturated heterocycles. The molecular weight excluding hydrogens is 254 g/mol. The molecule has 4 fully saturated rings. The lowest BCUT2D eigenvalue weighted by Crippen LogP contribution is -2.59. The number of nitrogens with one attached hydrogen (secondary N) is 1. The molecule has 4 saturated carbocycles. The van der Waals surface area contributed by atoms with Crippen molar-refractivity contribution >= 4 is 11.8 Å². The van der Waals surface area contributed by atoms with Crippen LogP contribution in [-0.4, -0.2) is 16.6 Å². The molecule has 0 atom stereocenters. The number of nitrogens with zero attached hydrogens (tertiary/aromatic N) is 1. The van der Waals surface area contributed by atoms with Crippen molar-refractivity contribution in [3.05, 3.63) is 11.3 Å². The Morgan fingerprint density at radius 3 is 2.25 bits per heavy atom. The van der Waals surface area contributed by atoms with Crippen molar-refractivity contribution < 1.29 is 9.32 Å². The summed E-state index contributed by atoms with van der Waals surface area (Å²) in [5.41, 5.74) is 6.71. The maximum absolute atomic E-state index is 12.5. The summed E-state index contributed by atoms with van der Waals surface area (Å²) in [6.07, 6.45) is 7.50. The van der Waals surface area contributed by atoms with Gasteiger partial charge in [0.25, 0.3) is 5.91 Å². The Bertz CT molecular complexity index is 509. The topological polar surface area (TPSA) is 81.2 Å². The first-order valence-corrected chi connectivity index (χ1v) is 7.59. The molecule has 3 N–H and O–H groups in total. The third kappa shape index (κ3) is 1.75. The van der Waals surface area contributed by atoms with E-state index in [1.54, 1.807) is 6.92 Å². The first-order valence-electron chi connectivity index (χ1n) is 7.59. The van der Waals surface area contributed by atoms with Gasteiger partial charge in [0.05, 0.1) is 5.69 Å². The van der Waals surface area contributed by atoms with Crippen molar-refractivity contribution in [2.75, 3.05) is 5.73 Å². The second-order valence-corrected chi connectivity index (χ2v) is 7.16. The molecule has 0 radical (unpaired) electrons. The van der Waals surface area contributed by atoms with Gasteiger partial charge >= 0.3 is 0 Å². The fraction of sp³-hybridized carbons (Fsp3) is 0.733. The number of amides is 1. The first kappa shape index (κ1) is 12.2. The maximum Gasteiger partial charge on any atom is 0.259 e. The normalized spacial score (nSPS) is 38.1. The Balaban J connectivity index is 1.58. The number of aryl methyl sites for hydroxylation is 1. The number of hydrogen-bond donors (Lipinski definition) is 2. The van der Waals surface area contributed by atoms with Crippen molar-refractivity contribution in [2.24, 2.45) is 17.8 Å². The van der Waals surface area contributed by atoms with Crippen LogP contribution in [0.3, 0.4) is 0 Å². The van der Waals surface area contributed by atoms with Crippen LogP contribution >= 0.6 is 0 Å². The zero-order valence-electron chi connectivity index (χ0n) is 11.8. The molecular formula is C15H21N3O2. The van der Waals surface area contributed by atoms with Gasteiger partial charge < -0.3 is 15.6 Å². The number of hydrogen-bond acceptors (Lipinski definition) is 4. The summed E-state index contributed by atoms with van der Waals surface area (Å²) in [7, 11) is 0. The molecule has 5 heteroatoms. The molecule has 20 heavy (non-hydrogen) atoms. The van der Waals surface area contributed by atoms with Gasteiger partial charge in [-0.1, -0.05) is 5.16 Å². The molecule has 0 aliphatic heterocycles. The summed E-state index contributed by atoms with van der Waals surface area (Å²) < 4.78 is 4.90. The van der Waals surface area contributed by atoms with E-state index in [4.69, 9.17) is 10.3 Å². The average molecular weight is 275 g/mol. The first-order chi connectivity index (χ1) is 9.55. The Labute approximate surface area is 118 Å². The minimum atomic E-state index is -0.108. The van der Waals surface area contributed by atoms with Crippen LogP contribution in [0.5, 0.6) is 0 Å². The summed E-state index contributed by atoms with van der Waals surface area (Å²) in [6, 6.07) is 0. The molecule has 1 amide bonds. The monoisotopic (exact) mass is 275 g/mol. The summed E-state index contributed by atoms with van der Waals surface area (Å²) in [4.78, 5) is 12.5. The van der Waals surface area contributed by atoms with Gasteiger partial charge in [-0.3, -0.25) is 4.79 Å². The average Bonchev–Trinajstić information content (AvgIpc) is 2.66. The molecule has 0 spiro atoms. The highest BCUT2D eigenvalue weighted by atomic mass is 16.5. The van der Waals surface area contributed by atoms with Crippen LogP contribution in [0.15, 0.2) is 4.52 Å². The number of nitrogens with two attached hydrogens (primary N) is 1. The fourth-order valence-corrected chi connectivity index (χ4v) is 5.23. The highest BCUT2D eigenvalue weighted by Gasteiger charge is 2.51. The molecule has 5 rings (SSSR count). The third-order valence-electron chi connectivity index (χ3n) is 5.53. The molecule has 1 aromatic heterocycles. The standard InChI is InChI=1S/C15H21N3O2/c1-8-12(13(16)20-18-8)14(19)17-15-5-9-2-10(6-15)4-11(3-9)7-15/h9-11H,2-7,16H2,1H3,(H,17,19). The van der Waals surface area contributed by atoms with E-state index in [0.717, 1.165) is 37.0 Å².